The van der Waals surface area contributed by atoms with E-state index in [1.165, 1.54) is 17.5 Å². The van der Waals surface area contributed by atoms with Gasteiger partial charge in [0.05, 0.1) is 30.3 Å². The first kappa shape index (κ1) is 20.4. The number of carbonyl (C=O) groups excluding carboxylic acids is 2. The Kier molecular flexibility index (Phi) is 6.57. The third kappa shape index (κ3) is 5.30. The standard InChI is InChI=1S/C19H22N2O5S/c1-14-8-4-7-11-17(14)21(27(3,24)25)13-12-18(22)20-16-10-6-5-9-15(16)19(23)26-2/h4-11H,12-13H2,1-3H3,(H,20,22). The highest BCUT2D eigenvalue weighted by atomic mass is 32.2. The van der Waals surface area contributed by atoms with Gasteiger partial charge in [0.15, 0.2) is 0 Å². The first-order chi connectivity index (χ1) is 12.7. The molecule has 0 aliphatic heterocycles. The largest absolute Gasteiger partial charge is 0.465 e. The Balaban J connectivity index is 2.14. The van der Waals surface area contributed by atoms with Crippen molar-refractivity contribution in [1.29, 1.82) is 0 Å². The van der Waals surface area contributed by atoms with E-state index < -0.39 is 21.9 Å². The van der Waals surface area contributed by atoms with Crippen LogP contribution in [0.25, 0.3) is 0 Å². The van der Waals surface area contributed by atoms with Crippen LogP contribution in [0.3, 0.4) is 0 Å². The SMILES string of the molecule is COC(=O)c1ccccc1NC(=O)CCN(c1ccccc1C)S(C)(=O)=O. The Hall–Kier alpha value is -2.87. The predicted octanol–water partition coefficient (Wildman–Crippen LogP) is 2.58. The average Bonchev–Trinajstić information content (AvgIpc) is 2.62. The number of para-hydroxylation sites is 2. The van der Waals surface area contributed by atoms with Crippen molar-refractivity contribution in [2.24, 2.45) is 0 Å². The number of aryl methyl sites for hydroxylation is 1. The van der Waals surface area contributed by atoms with Gasteiger partial charge in [0.25, 0.3) is 0 Å². The van der Waals surface area contributed by atoms with Gasteiger partial charge in [-0.3, -0.25) is 9.10 Å². The summed E-state index contributed by atoms with van der Waals surface area (Å²) in [4.78, 5) is 24.1. The topological polar surface area (TPSA) is 92.8 Å². The van der Waals surface area contributed by atoms with Gasteiger partial charge in [0.1, 0.15) is 0 Å². The lowest BCUT2D eigenvalue weighted by molar-refractivity contribution is -0.116. The Bertz CT molecular complexity index is 941. The number of amides is 1. The molecular weight excluding hydrogens is 368 g/mol. The zero-order valence-corrected chi connectivity index (χ0v) is 16.2. The molecule has 0 bridgehead atoms. The monoisotopic (exact) mass is 390 g/mol. The van der Waals surface area contributed by atoms with Gasteiger partial charge >= 0.3 is 5.97 Å². The van der Waals surface area contributed by atoms with Gasteiger partial charge in [0, 0.05) is 13.0 Å². The van der Waals surface area contributed by atoms with Crippen LogP contribution in [0.4, 0.5) is 11.4 Å². The van der Waals surface area contributed by atoms with E-state index in [1.54, 1.807) is 43.3 Å². The minimum atomic E-state index is -3.56. The van der Waals surface area contributed by atoms with Crippen molar-refractivity contribution in [3.05, 3.63) is 59.7 Å². The smallest absolute Gasteiger partial charge is 0.339 e. The molecule has 0 atom stereocenters. The lowest BCUT2D eigenvalue weighted by Gasteiger charge is -2.24. The normalized spacial score (nSPS) is 10.9. The van der Waals surface area contributed by atoms with Crippen LogP contribution in [-0.4, -0.2) is 40.2 Å². The maximum atomic E-state index is 12.3. The Labute approximate surface area is 159 Å². The second kappa shape index (κ2) is 8.68. The van der Waals surface area contributed by atoms with Crippen LogP contribution in [0, 0.1) is 6.92 Å². The van der Waals surface area contributed by atoms with Crippen LogP contribution in [-0.2, 0) is 19.6 Å². The van der Waals surface area contributed by atoms with Crippen molar-refractivity contribution in [1.82, 2.24) is 0 Å². The third-order valence-electron chi connectivity index (χ3n) is 3.93. The number of anilines is 2. The molecule has 144 valence electrons. The highest BCUT2D eigenvalue weighted by Crippen LogP contribution is 2.22. The molecule has 1 amide bonds. The summed E-state index contributed by atoms with van der Waals surface area (Å²) in [6, 6.07) is 13.5. The van der Waals surface area contributed by atoms with Crippen molar-refractivity contribution >= 4 is 33.3 Å². The zero-order chi connectivity index (χ0) is 20.0. The number of nitrogens with one attached hydrogen (secondary N) is 1. The highest BCUT2D eigenvalue weighted by molar-refractivity contribution is 7.92. The Morgan fingerprint density at radius 1 is 1.07 bits per heavy atom. The summed E-state index contributed by atoms with van der Waals surface area (Å²) in [7, 11) is -2.30. The number of ether oxygens (including phenoxy) is 1. The molecule has 2 aromatic rings. The van der Waals surface area contributed by atoms with Crippen molar-refractivity contribution < 1.29 is 22.7 Å². The summed E-state index contributed by atoms with van der Waals surface area (Å²) in [5.41, 5.74) is 1.87. The quantitative estimate of drug-likeness (QED) is 0.734. The van der Waals surface area contributed by atoms with Crippen LogP contribution in [0.1, 0.15) is 22.3 Å². The summed E-state index contributed by atoms with van der Waals surface area (Å²) in [5.74, 6) is -0.975. The second-order valence-electron chi connectivity index (χ2n) is 5.96. The molecule has 0 fully saturated rings. The second-order valence-corrected chi connectivity index (χ2v) is 7.86. The number of carbonyl (C=O) groups is 2. The molecule has 0 radical (unpaired) electrons. The average molecular weight is 390 g/mol. The lowest BCUT2D eigenvalue weighted by Crippen LogP contribution is -2.33. The fourth-order valence-electron chi connectivity index (χ4n) is 2.60. The van der Waals surface area contributed by atoms with E-state index in [2.05, 4.69) is 5.32 Å². The van der Waals surface area contributed by atoms with Crippen molar-refractivity contribution in [2.75, 3.05) is 29.5 Å². The third-order valence-corrected chi connectivity index (χ3v) is 5.11. The van der Waals surface area contributed by atoms with E-state index in [9.17, 15) is 18.0 Å². The number of esters is 1. The van der Waals surface area contributed by atoms with E-state index >= 15 is 0 Å². The van der Waals surface area contributed by atoms with Gasteiger partial charge in [0.2, 0.25) is 15.9 Å². The maximum Gasteiger partial charge on any atom is 0.339 e. The summed E-state index contributed by atoms with van der Waals surface area (Å²) >= 11 is 0. The molecule has 0 aromatic heterocycles. The van der Waals surface area contributed by atoms with E-state index in [-0.39, 0.29) is 18.5 Å². The van der Waals surface area contributed by atoms with E-state index in [0.717, 1.165) is 11.8 Å². The Morgan fingerprint density at radius 2 is 1.70 bits per heavy atom. The summed E-state index contributed by atoms with van der Waals surface area (Å²) in [6.45, 7) is 1.79. The first-order valence-corrected chi connectivity index (χ1v) is 10.1. The molecule has 7 nitrogen and oxygen atoms in total. The van der Waals surface area contributed by atoms with E-state index in [1.807, 2.05) is 6.07 Å². The number of hydrogen-bond donors (Lipinski definition) is 1. The fourth-order valence-corrected chi connectivity index (χ4v) is 3.59. The van der Waals surface area contributed by atoms with Crippen LogP contribution in [0.2, 0.25) is 0 Å². The molecule has 1 N–H and O–H groups in total. The minimum absolute atomic E-state index is 0.0179. The first-order valence-electron chi connectivity index (χ1n) is 8.24. The molecule has 0 saturated carbocycles. The summed E-state index contributed by atoms with van der Waals surface area (Å²) in [6.07, 6.45) is 1.03. The fraction of sp³-hybridized carbons (Fsp3) is 0.263. The molecule has 8 heteroatoms. The Morgan fingerprint density at radius 3 is 2.33 bits per heavy atom. The van der Waals surface area contributed by atoms with Gasteiger partial charge in [-0.1, -0.05) is 30.3 Å². The van der Waals surface area contributed by atoms with Crippen molar-refractivity contribution in [3.63, 3.8) is 0 Å². The van der Waals surface area contributed by atoms with E-state index in [0.29, 0.717) is 11.4 Å². The number of benzene rings is 2. The van der Waals surface area contributed by atoms with Crippen molar-refractivity contribution in [3.8, 4) is 0 Å². The van der Waals surface area contributed by atoms with Gasteiger partial charge < -0.3 is 10.1 Å². The van der Waals surface area contributed by atoms with Crippen molar-refractivity contribution in [2.45, 2.75) is 13.3 Å². The highest BCUT2D eigenvalue weighted by Gasteiger charge is 2.20. The molecule has 0 unspecified atom stereocenters. The lowest BCUT2D eigenvalue weighted by atomic mass is 10.1. The predicted molar refractivity (Wildman–Crippen MR) is 104 cm³/mol. The van der Waals surface area contributed by atoms with Gasteiger partial charge in [-0.25, -0.2) is 13.2 Å². The van der Waals surface area contributed by atoms with Crippen LogP contribution >= 0.6 is 0 Å². The zero-order valence-electron chi connectivity index (χ0n) is 15.4. The van der Waals surface area contributed by atoms with Crippen LogP contribution in [0.5, 0.6) is 0 Å². The molecule has 0 heterocycles. The number of methoxy groups -OCH3 is 1. The number of rotatable bonds is 7. The molecule has 0 aliphatic carbocycles. The molecular formula is C19H22N2O5S. The van der Waals surface area contributed by atoms with Crippen LogP contribution < -0.4 is 9.62 Å². The molecule has 0 spiro atoms. The number of hydrogen-bond acceptors (Lipinski definition) is 5. The van der Waals surface area contributed by atoms with Gasteiger partial charge in [-0.05, 0) is 30.7 Å². The minimum Gasteiger partial charge on any atom is -0.465 e. The molecule has 2 aromatic carbocycles. The van der Waals surface area contributed by atoms with Gasteiger partial charge in [-0.2, -0.15) is 0 Å². The number of sulfonamides is 1. The van der Waals surface area contributed by atoms with Crippen LogP contribution in [0.15, 0.2) is 48.5 Å². The summed E-state index contributed by atoms with van der Waals surface area (Å²) in [5, 5.41) is 2.64. The molecule has 0 saturated heterocycles. The number of nitrogens with zero attached hydrogens (tertiary/aromatic N) is 1. The van der Waals surface area contributed by atoms with E-state index in [4.69, 9.17) is 4.74 Å². The summed E-state index contributed by atoms with van der Waals surface area (Å²) < 4.78 is 30.2. The maximum absolute atomic E-state index is 12.3. The molecule has 0 aliphatic rings. The molecule has 27 heavy (non-hydrogen) atoms. The molecule has 2 rings (SSSR count). The van der Waals surface area contributed by atoms with Gasteiger partial charge in [-0.15, -0.1) is 0 Å².